The summed E-state index contributed by atoms with van der Waals surface area (Å²) in [5.41, 5.74) is 5.01. The van der Waals surface area contributed by atoms with E-state index in [1.807, 2.05) is 13.8 Å². The molecule has 0 spiro atoms. The summed E-state index contributed by atoms with van der Waals surface area (Å²) in [4.78, 5) is 0. The van der Waals surface area contributed by atoms with Gasteiger partial charge in [0.25, 0.3) is 0 Å². The van der Waals surface area contributed by atoms with Crippen LogP contribution in [0.1, 0.15) is 37.8 Å². The Labute approximate surface area is 151 Å². The SMILES string of the molecule is CC(C)C1CC(O)(c2ccc(C(F)(F)F)cc2)CC(/C(N)=C/N(C)N)N1. The average molecular weight is 372 g/mol. The van der Waals surface area contributed by atoms with E-state index in [-0.39, 0.29) is 24.4 Å². The van der Waals surface area contributed by atoms with Gasteiger partial charge < -0.3 is 21.2 Å². The Kier molecular flexibility index (Phi) is 5.89. The molecule has 0 saturated carbocycles. The highest BCUT2D eigenvalue weighted by Crippen LogP contribution is 2.39. The number of hydrogen-bond donors (Lipinski definition) is 4. The molecule has 1 saturated heterocycles. The minimum Gasteiger partial charge on any atom is -0.400 e. The monoisotopic (exact) mass is 372 g/mol. The minimum absolute atomic E-state index is 0.0453. The van der Waals surface area contributed by atoms with Crippen molar-refractivity contribution in [3.8, 4) is 0 Å². The highest BCUT2D eigenvalue weighted by Gasteiger charge is 2.42. The number of halogens is 3. The molecule has 1 aliphatic rings. The number of nitrogens with one attached hydrogen (secondary N) is 1. The third-order valence-electron chi connectivity index (χ3n) is 4.82. The van der Waals surface area contributed by atoms with Gasteiger partial charge in [-0.1, -0.05) is 26.0 Å². The number of alkyl halides is 3. The Bertz CT molecular complexity index is 643. The van der Waals surface area contributed by atoms with Gasteiger partial charge in [0.05, 0.1) is 17.2 Å². The molecule has 0 radical (unpaired) electrons. The van der Waals surface area contributed by atoms with Crippen LogP contribution in [0.4, 0.5) is 13.2 Å². The van der Waals surface area contributed by atoms with Crippen LogP contribution in [0.3, 0.4) is 0 Å². The maximum Gasteiger partial charge on any atom is 0.416 e. The van der Waals surface area contributed by atoms with Crippen LogP contribution in [0.15, 0.2) is 36.2 Å². The minimum atomic E-state index is -4.41. The molecule has 0 aliphatic carbocycles. The van der Waals surface area contributed by atoms with Crippen molar-refractivity contribution in [2.45, 2.75) is 50.6 Å². The molecular weight excluding hydrogens is 345 g/mol. The van der Waals surface area contributed by atoms with Gasteiger partial charge in [0.15, 0.2) is 0 Å². The summed E-state index contributed by atoms with van der Waals surface area (Å²) in [6.45, 7) is 4.03. The molecule has 3 unspecified atom stereocenters. The number of rotatable bonds is 4. The highest BCUT2D eigenvalue weighted by atomic mass is 19.4. The fourth-order valence-corrected chi connectivity index (χ4v) is 3.33. The first-order valence-electron chi connectivity index (χ1n) is 8.53. The van der Waals surface area contributed by atoms with E-state index in [2.05, 4.69) is 5.32 Å². The van der Waals surface area contributed by atoms with Crippen molar-refractivity contribution >= 4 is 0 Å². The van der Waals surface area contributed by atoms with Crippen molar-refractivity contribution in [1.29, 1.82) is 0 Å². The number of nitrogens with two attached hydrogens (primary N) is 2. The van der Waals surface area contributed by atoms with Crippen molar-refractivity contribution in [3.63, 3.8) is 0 Å². The lowest BCUT2D eigenvalue weighted by Gasteiger charge is -2.44. The first-order chi connectivity index (χ1) is 11.9. The Balaban J connectivity index is 2.34. The Morgan fingerprint density at radius 3 is 2.35 bits per heavy atom. The van der Waals surface area contributed by atoms with Gasteiger partial charge in [-0.15, -0.1) is 0 Å². The summed E-state index contributed by atoms with van der Waals surface area (Å²) < 4.78 is 38.4. The van der Waals surface area contributed by atoms with Crippen LogP contribution in [-0.2, 0) is 11.8 Å². The zero-order chi connectivity index (χ0) is 19.7. The lowest BCUT2D eigenvalue weighted by Crippen LogP contribution is -2.55. The number of hydrogen-bond acceptors (Lipinski definition) is 5. The van der Waals surface area contributed by atoms with Crippen molar-refractivity contribution in [2.75, 3.05) is 7.05 Å². The molecule has 0 amide bonds. The van der Waals surface area contributed by atoms with Gasteiger partial charge in [0, 0.05) is 31.4 Å². The second kappa shape index (κ2) is 7.46. The maximum atomic E-state index is 12.8. The first kappa shape index (κ1) is 20.5. The predicted molar refractivity (Wildman–Crippen MR) is 94.3 cm³/mol. The third kappa shape index (κ3) is 4.69. The molecule has 6 N–H and O–H groups in total. The van der Waals surface area contributed by atoms with Crippen molar-refractivity contribution in [2.24, 2.45) is 17.5 Å². The second-order valence-electron chi connectivity index (χ2n) is 7.38. The van der Waals surface area contributed by atoms with E-state index < -0.39 is 17.3 Å². The summed E-state index contributed by atoms with van der Waals surface area (Å²) in [5.74, 6) is 5.82. The number of piperidine rings is 1. The molecule has 8 heteroatoms. The predicted octanol–water partition coefficient (Wildman–Crippen LogP) is 2.28. The first-order valence-corrected chi connectivity index (χ1v) is 8.53. The zero-order valence-electron chi connectivity index (χ0n) is 15.2. The average Bonchev–Trinajstić information content (AvgIpc) is 2.53. The van der Waals surface area contributed by atoms with Gasteiger partial charge in [-0.3, -0.25) is 0 Å². The van der Waals surface area contributed by atoms with Crippen LogP contribution in [0.2, 0.25) is 0 Å². The fourth-order valence-electron chi connectivity index (χ4n) is 3.33. The van der Waals surface area contributed by atoms with E-state index >= 15 is 0 Å². The topological polar surface area (TPSA) is 87.5 Å². The molecule has 0 bridgehead atoms. The van der Waals surface area contributed by atoms with Gasteiger partial charge >= 0.3 is 6.18 Å². The maximum absolute atomic E-state index is 12.8. The van der Waals surface area contributed by atoms with Gasteiger partial charge in [-0.05, 0) is 30.0 Å². The Hall–Kier alpha value is -1.77. The van der Waals surface area contributed by atoms with Crippen LogP contribution in [0.25, 0.3) is 0 Å². The summed E-state index contributed by atoms with van der Waals surface area (Å²) in [6.07, 6.45) is -2.21. The lowest BCUT2D eigenvalue weighted by atomic mass is 9.75. The smallest absolute Gasteiger partial charge is 0.400 e. The van der Waals surface area contributed by atoms with Crippen molar-refractivity contribution in [3.05, 3.63) is 47.3 Å². The molecule has 26 heavy (non-hydrogen) atoms. The van der Waals surface area contributed by atoms with Gasteiger partial charge in [-0.25, -0.2) is 5.84 Å². The lowest BCUT2D eigenvalue weighted by molar-refractivity contribution is -0.137. The largest absolute Gasteiger partial charge is 0.416 e. The van der Waals surface area contributed by atoms with Crippen LogP contribution >= 0.6 is 0 Å². The molecule has 1 aromatic carbocycles. The molecule has 1 aromatic rings. The second-order valence-corrected chi connectivity index (χ2v) is 7.38. The van der Waals surface area contributed by atoms with E-state index in [9.17, 15) is 18.3 Å². The molecule has 146 valence electrons. The van der Waals surface area contributed by atoms with Crippen molar-refractivity contribution < 1.29 is 18.3 Å². The molecule has 2 rings (SSSR count). The molecule has 1 aliphatic heterocycles. The highest BCUT2D eigenvalue weighted by molar-refractivity contribution is 5.30. The fraction of sp³-hybridized carbons (Fsp3) is 0.556. The number of hydrazine groups is 1. The van der Waals surface area contributed by atoms with Crippen molar-refractivity contribution in [1.82, 2.24) is 10.3 Å². The normalized spacial score (nSPS) is 27.7. The van der Waals surface area contributed by atoms with E-state index in [0.29, 0.717) is 17.7 Å². The van der Waals surface area contributed by atoms with E-state index in [4.69, 9.17) is 11.6 Å². The number of benzene rings is 1. The van der Waals surface area contributed by atoms with Crippen LogP contribution in [-0.4, -0.2) is 29.2 Å². The molecule has 1 heterocycles. The summed E-state index contributed by atoms with van der Waals surface area (Å²) in [5, 5.41) is 16.0. The standard InChI is InChI=1S/C18H27F3N4O/c1-11(2)15-8-17(26,9-16(24-15)14(22)10-25(3)23)12-4-6-13(7-5-12)18(19,20)21/h4-7,10-11,15-16,24,26H,8-9,22-23H2,1-3H3/b14-10-. The van der Waals surface area contributed by atoms with E-state index in [1.165, 1.54) is 17.1 Å². The summed E-state index contributed by atoms with van der Waals surface area (Å²) >= 11 is 0. The van der Waals surface area contributed by atoms with Gasteiger partial charge in [-0.2, -0.15) is 13.2 Å². The molecular formula is C18H27F3N4O. The molecule has 0 aromatic heterocycles. The molecule has 5 nitrogen and oxygen atoms in total. The summed E-state index contributed by atoms with van der Waals surface area (Å²) in [6, 6.07) is 4.31. The Morgan fingerprint density at radius 1 is 1.31 bits per heavy atom. The van der Waals surface area contributed by atoms with Crippen LogP contribution in [0.5, 0.6) is 0 Å². The zero-order valence-corrected chi connectivity index (χ0v) is 15.2. The van der Waals surface area contributed by atoms with E-state index in [1.54, 1.807) is 13.2 Å². The molecule has 3 atom stereocenters. The van der Waals surface area contributed by atoms with Gasteiger partial charge in [0.1, 0.15) is 0 Å². The summed E-state index contributed by atoms with van der Waals surface area (Å²) in [7, 11) is 1.64. The van der Waals surface area contributed by atoms with Crippen LogP contribution < -0.4 is 16.9 Å². The number of nitrogens with zero attached hydrogens (tertiary/aromatic N) is 1. The third-order valence-corrected chi connectivity index (χ3v) is 4.82. The van der Waals surface area contributed by atoms with Gasteiger partial charge in [0.2, 0.25) is 0 Å². The quantitative estimate of drug-likeness (QED) is 0.481. The number of aliphatic hydroxyl groups is 1. The Morgan fingerprint density at radius 2 is 1.88 bits per heavy atom. The van der Waals surface area contributed by atoms with E-state index in [0.717, 1.165) is 12.1 Å². The van der Waals surface area contributed by atoms with Crippen LogP contribution in [0, 0.1) is 5.92 Å². The molecule has 1 fully saturated rings.